The van der Waals surface area contributed by atoms with Crippen LogP contribution < -0.4 is 0 Å². The Morgan fingerprint density at radius 2 is 1.94 bits per heavy atom. The summed E-state index contributed by atoms with van der Waals surface area (Å²) < 4.78 is 0. The molecule has 0 heterocycles. The first-order valence-electron chi connectivity index (χ1n) is 4.39. The van der Waals surface area contributed by atoms with Crippen LogP contribution in [-0.2, 0) is 4.79 Å². The number of halogens is 1. The Morgan fingerprint density at radius 1 is 1.38 bits per heavy atom. The summed E-state index contributed by atoms with van der Waals surface area (Å²) in [6.45, 7) is 0. The predicted molar refractivity (Wildman–Crippen MR) is 57.1 cm³/mol. The smallest absolute Gasteiger partial charge is 0.326 e. The molecule has 0 aliphatic rings. The number of nitrogens with zero attached hydrogens (tertiary/aromatic N) is 2. The van der Waals surface area contributed by atoms with E-state index in [-0.39, 0.29) is 0 Å². The molecule has 1 aromatic carbocycles. The molecule has 16 heavy (non-hydrogen) atoms. The van der Waals surface area contributed by atoms with Crippen LogP contribution in [0.5, 0.6) is 0 Å². The summed E-state index contributed by atoms with van der Waals surface area (Å²) in [6.07, 6.45) is -2.52. The zero-order valence-corrected chi connectivity index (χ0v) is 8.87. The van der Waals surface area contributed by atoms with Crippen molar-refractivity contribution in [2.45, 2.75) is 12.2 Å². The van der Waals surface area contributed by atoms with Crippen molar-refractivity contribution in [3.05, 3.63) is 40.4 Å². The molecular weight excluding hydrogens is 232 g/mol. The number of rotatable bonds is 4. The molecule has 0 aliphatic heterocycles. The maximum atomic E-state index is 11.1. The third-order valence-electron chi connectivity index (χ3n) is 1.99. The van der Waals surface area contributed by atoms with Crippen molar-refractivity contribution in [3.8, 4) is 0 Å². The number of benzene rings is 1. The van der Waals surface area contributed by atoms with E-state index in [4.69, 9.17) is 17.1 Å². The number of aliphatic hydroxyl groups is 2. The minimum Gasteiger partial charge on any atom is -0.385 e. The maximum Gasteiger partial charge on any atom is 0.326 e. The Balaban J connectivity index is 2.85. The third kappa shape index (κ3) is 2.98. The monoisotopic (exact) mass is 240 g/mol. The van der Waals surface area contributed by atoms with Crippen molar-refractivity contribution in [1.29, 1.82) is 0 Å². The van der Waals surface area contributed by atoms with Crippen molar-refractivity contribution in [1.82, 2.24) is 0 Å². The predicted octanol–water partition coefficient (Wildman–Crippen LogP) is 0.604. The Kier molecular flexibility index (Phi) is 4.34. The van der Waals surface area contributed by atoms with Gasteiger partial charge in [0.25, 0.3) is 5.78 Å². The summed E-state index contributed by atoms with van der Waals surface area (Å²) in [6, 6.07) is 6.02. The highest BCUT2D eigenvalue weighted by Gasteiger charge is 2.26. The normalized spacial score (nSPS) is 13.7. The van der Waals surface area contributed by atoms with E-state index in [0.29, 0.717) is 16.8 Å². The van der Waals surface area contributed by atoms with Gasteiger partial charge >= 0.3 is 6.21 Å². The van der Waals surface area contributed by atoms with Gasteiger partial charge in [-0.15, -0.1) is 0 Å². The average molecular weight is 241 g/mol. The largest absolute Gasteiger partial charge is 0.385 e. The minimum atomic E-state index is -1.67. The Bertz CT molecular complexity index is 426. The van der Waals surface area contributed by atoms with E-state index < -0.39 is 18.0 Å². The number of ketones is 1. The molecule has 5 nitrogen and oxygen atoms in total. The van der Waals surface area contributed by atoms with Crippen LogP contribution in [0.25, 0.3) is 5.53 Å². The third-order valence-corrected chi connectivity index (χ3v) is 2.24. The van der Waals surface area contributed by atoms with E-state index in [9.17, 15) is 15.0 Å². The molecule has 0 fully saturated rings. The number of carbonyl (C=O) groups excluding carboxylic acids is 1. The summed E-state index contributed by atoms with van der Waals surface area (Å²) >= 11 is 5.64. The van der Waals surface area contributed by atoms with Crippen molar-refractivity contribution < 1.29 is 19.8 Å². The fourth-order valence-corrected chi connectivity index (χ4v) is 1.26. The lowest BCUT2D eigenvalue weighted by atomic mass is 10.0. The molecule has 84 valence electrons. The van der Waals surface area contributed by atoms with E-state index in [0.717, 1.165) is 0 Å². The second kappa shape index (κ2) is 5.53. The summed E-state index contributed by atoms with van der Waals surface area (Å²) in [7, 11) is 0. The summed E-state index contributed by atoms with van der Waals surface area (Å²) in [5.41, 5.74) is 8.46. The highest BCUT2D eigenvalue weighted by Crippen LogP contribution is 2.19. The van der Waals surface area contributed by atoms with Crippen LogP contribution in [0.2, 0.25) is 5.02 Å². The summed E-state index contributed by atoms with van der Waals surface area (Å²) in [4.78, 5) is 13.6. The van der Waals surface area contributed by atoms with Crippen LogP contribution >= 0.6 is 11.6 Å². The molecule has 1 aromatic rings. The number of hydrogen-bond acceptors (Lipinski definition) is 3. The molecule has 0 radical (unpaired) electrons. The van der Waals surface area contributed by atoms with Crippen LogP contribution in [0.4, 0.5) is 0 Å². The first-order valence-corrected chi connectivity index (χ1v) is 4.77. The quantitative estimate of drug-likeness (QED) is 0.459. The van der Waals surface area contributed by atoms with Gasteiger partial charge in [0, 0.05) is 5.02 Å². The highest BCUT2D eigenvalue weighted by molar-refractivity contribution is 6.30. The fourth-order valence-electron chi connectivity index (χ4n) is 1.13. The van der Waals surface area contributed by atoms with E-state index in [1.54, 1.807) is 0 Å². The van der Waals surface area contributed by atoms with Crippen LogP contribution in [0.3, 0.4) is 0 Å². The average Bonchev–Trinajstić information content (AvgIpc) is 2.28. The van der Waals surface area contributed by atoms with Gasteiger partial charge in [-0.1, -0.05) is 23.7 Å². The van der Waals surface area contributed by atoms with E-state index in [1.807, 2.05) is 0 Å². The number of hydrogen-bond donors (Lipinski definition) is 2. The molecule has 2 atom stereocenters. The van der Waals surface area contributed by atoms with Gasteiger partial charge in [-0.2, -0.15) is 4.79 Å². The van der Waals surface area contributed by atoms with Crippen molar-refractivity contribution in [2.75, 3.05) is 0 Å². The molecule has 2 N–H and O–H groups in total. The Labute approximate surface area is 96.5 Å². The van der Waals surface area contributed by atoms with Gasteiger partial charge in [0.2, 0.25) is 0 Å². The van der Waals surface area contributed by atoms with Crippen molar-refractivity contribution in [2.24, 2.45) is 0 Å². The number of aliphatic hydroxyl groups excluding tert-OH is 2. The van der Waals surface area contributed by atoms with Gasteiger partial charge in [0.15, 0.2) is 6.10 Å². The lowest BCUT2D eigenvalue weighted by Gasteiger charge is -2.14. The number of Topliss-reactive ketones (excluding diaryl/α,β-unsaturated/α-hetero) is 1. The SMILES string of the molecule is [N-]=[N+]=CC(=O)[C@H](O)[C@@H](O)c1ccc(Cl)cc1. The molecule has 0 bridgehead atoms. The van der Waals surface area contributed by atoms with E-state index in [1.165, 1.54) is 24.3 Å². The highest BCUT2D eigenvalue weighted by atomic mass is 35.5. The van der Waals surface area contributed by atoms with Gasteiger partial charge in [-0.25, -0.2) is 0 Å². The standard InChI is InChI=1S/C10H9ClN2O3/c11-7-3-1-6(2-4-7)9(15)10(16)8(14)5-13-12/h1-5,9-10,15-16H/t9-,10-/m0/s1. The summed E-state index contributed by atoms with van der Waals surface area (Å²) in [5, 5.41) is 19.5. The number of carbonyl (C=O) groups is 1. The molecule has 0 amide bonds. The maximum absolute atomic E-state index is 11.1. The minimum absolute atomic E-state index is 0.344. The molecule has 0 unspecified atom stereocenters. The molecular formula is C10H9ClN2O3. The van der Waals surface area contributed by atoms with Crippen LogP contribution in [0.1, 0.15) is 11.7 Å². The summed E-state index contributed by atoms with van der Waals surface area (Å²) in [5.74, 6) is -0.884. The topological polar surface area (TPSA) is 93.9 Å². The van der Waals surface area contributed by atoms with Gasteiger partial charge in [-0.05, 0) is 17.7 Å². The zero-order chi connectivity index (χ0) is 12.1. The lowest BCUT2D eigenvalue weighted by molar-refractivity contribution is -0.129. The van der Waals surface area contributed by atoms with Crippen LogP contribution in [-0.4, -0.2) is 33.1 Å². The van der Waals surface area contributed by atoms with Crippen LogP contribution in [0.15, 0.2) is 24.3 Å². The lowest BCUT2D eigenvalue weighted by Crippen LogP contribution is -2.29. The zero-order valence-electron chi connectivity index (χ0n) is 8.12. The Morgan fingerprint density at radius 3 is 2.44 bits per heavy atom. The second-order valence-corrected chi connectivity index (χ2v) is 3.52. The van der Waals surface area contributed by atoms with Gasteiger partial charge in [0.1, 0.15) is 6.10 Å². The van der Waals surface area contributed by atoms with Gasteiger partial charge in [-0.3, -0.25) is 4.79 Å². The van der Waals surface area contributed by atoms with E-state index >= 15 is 0 Å². The second-order valence-electron chi connectivity index (χ2n) is 3.09. The van der Waals surface area contributed by atoms with Gasteiger partial charge in [0.05, 0.1) is 0 Å². The van der Waals surface area contributed by atoms with Crippen molar-refractivity contribution >= 4 is 23.6 Å². The molecule has 6 heteroatoms. The Hall–Kier alpha value is -1.52. The first kappa shape index (κ1) is 12.5. The van der Waals surface area contributed by atoms with E-state index in [2.05, 4.69) is 4.79 Å². The van der Waals surface area contributed by atoms with Gasteiger partial charge < -0.3 is 15.7 Å². The molecule has 0 aliphatic carbocycles. The fraction of sp³-hybridized carbons (Fsp3) is 0.200. The molecule has 0 spiro atoms. The van der Waals surface area contributed by atoms with Crippen molar-refractivity contribution in [3.63, 3.8) is 0 Å². The molecule has 1 rings (SSSR count). The molecule has 0 aromatic heterocycles. The molecule has 0 saturated heterocycles. The molecule has 0 saturated carbocycles. The first-order chi connectivity index (χ1) is 7.56. The van der Waals surface area contributed by atoms with Crippen LogP contribution in [0, 0.1) is 0 Å².